The quantitative estimate of drug-likeness (QED) is 0.813. The van der Waals surface area contributed by atoms with Crippen molar-refractivity contribution < 1.29 is 4.79 Å². The Bertz CT molecular complexity index is 554. The number of carbonyl (C=O) groups excluding carboxylic acids is 1. The second kappa shape index (κ2) is 5.81. The van der Waals surface area contributed by atoms with Crippen LogP contribution in [-0.2, 0) is 12.8 Å². The van der Waals surface area contributed by atoms with Gasteiger partial charge in [-0.15, -0.1) is 0 Å². The number of pyridine rings is 1. The van der Waals surface area contributed by atoms with Gasteiger partial charge in [-0.05, 0) is 43.7 Å². The predicted octanol–water partition coefficient (Wildman–Crippen LogP) is 2.32. The summed E-state index contributed by atoms with van der Waals surface area (Å²) in [7, 11) is 0. The molecular formula is C16H22N2O2. The van der Waals surface area contributed by atoms with E-state index in [-0.39, 0.29) is 23.1 Å². The Morgan fingerprint density at radius 1 is 1.10 bits per heavy atom. The summed E-state index contributed by atoms with van der Waals surface area (Å²) in [5, 5.41) is 3.05. The van der Waals surface area contributed by atoms with Gasteiger partial charge in [0.25, 0.3) is 11.5 Å². The van der Waals surface area contributed by atoms with Crippen LogP contribution in [0.1, 0.15) is 66.6 Å². The second-order valence-corrected chi connectivity index (χ2v) is 6.03. The van der Waals surface area contributed by atoms with Crippen LogP contribution >= 0.6 is 0 Å². The Hall–Kier alpha value is -1.58. The average molecular weight is 274 g/mol. The van der Waals surface area contributed by atoms with Crippen molar-refractivity contribution in [2.75, 3.05) is 0 Å². The molecule has 1 saturated carbocycles. The lowest BCUT2D eigenvalue weighted by atomic mass is 10.1. The molecule has 0 aromatic carbocycles. The van der Waals surface area contributed by atoms with E-state index in [1.165, 1.54) is 25.7 Å². The van der Waals surface area contributed by atoms with E-state index in [0.717, 1.165) is 43.4 Å². The first-order chi connectivity index (χ1) is 9.74. The van der Waals surface area contributed by atoms with Gasteiger partial charge in [0.1, 0.15) is 5.56 Å². The van der Waals surface area contributed by atoms with Gasteiger partial charge in [0.2, 0.25) is 0 Å². The molecule has 4 heteroatoms. The number of aromatic amines is 1. The number of carbonyl (C=O) groups is 1. The molecule has 0 spiro atoms. The zero-order chi connectivity index (χ0) is 13.9. The fourth-order valence-corrected chi connectivity index (χ4v) is 3.37. The number of rotatable bonds is 2. The fraction of sp³-hybridized carbons (Fsp3) is 0.625. The van der Waals surface area contributed by atoms with Gasteiger partial charge in [-0.2, -0.15) is 0 Å². The van der Waals surface area contributed by atoms with Crippen LogP contribution in [0.2, 0.25) is 0 Å². The second-order valence-electron chi connectivity index (χ2n) is 6.03. The topological polar surface area (TPSA) is 62.0 Å². The summed E-state index contributed by atoms with van der Waals surface area (Å²) in [6.45, 7) is 0. The first-order valence-electron chi connectivity index (χ1n) is 7.80. The lowest BCUT2D eigenvalue weighted by molar-refractivity contribution is 0.0931. The minimum atomic E-state index is -0.239. The summed E-state index contributed by atoms with van der Waals surface area (Å²) in [5.74, 6) is -0.201. The first-order valence-corrected chi connectivity index (χ1v) is 7.80. The maximum atomic E-state index is 12.3. The molecule has 1 heterocycles. The van der Waals surface area contributed by atoms with E-state index in [9.17, 15) is 9.59 Å². The van der Waals surface area contributed by atoms with E-state index in [4.69, 9.17) is 0 Å². The van der Waals surface area contributed by atoms with E-state index >= 15 is 0 Å². The Labute approximate surface area is 119 Å². The van der Waals surface area contributed by atoms with Gasteiger partial charge < -0.3 is 10.3 Å². The number of fused-ring (bicyclic) bond motifs is 1. The van der Waals surface area contributed by atoms with Gasteiger partial charge in [-0.3, -0.25) is 9.59 Å². The van der Waals surface area contributed by atoms with Crippen LogP contribution in [0.25, 0.3) is 0 Å². The largest absolute Gasteiger partial charge is 0.349 e. The van der Waals surface area contributed by atoms with Crippen molar-refractivity contribution >= 4 is 5.91 Å². The van der Waals surface area contributed by atoms with Gasteiger partial charge in [-0.1, -0.05) is 25.7 Å². The molecule has 2 aliphatic carbocycles. The van der Waals surface area contributed by atoms with Crippen molar-refractivity contribution in [2.45, 2.75) is 63.8 Å². The Morgan fingerprint density at radius 2 is 1.85 bits per heavy atom. The minimum absolute atomic E-state index is 0.201. The molecule has 20 heavy (non-hydrogen) atoms. The number of aromatic nitrogens is 1. The maximum absolute atomic E-state index is 12.3. The highest BCUT2D eigenvalue weighted by molar-refractivity contribution is 5.94. The lowest BCUT2D eigenvalue weighted by Crippen LogP contribution is -2.37. The highest BCUT2D eigenvalue weighted by atomic mass is 16.2. The van der Waals surface area contributed by atoms with Gasteiger partial charge in [0.05, 0.1) is 0 Å². The molecule has 0 radical (unpaired) electrons. The maximum Gasteiger partial charge on any atom is 0.261 e. The molecule has 1 aromatic heterocycles. The molecule has 0 atom stereocenters. The van der Waals surface area contributed by atoms with Crippen molar-refractivity contribution in [3.63, 3.8) is 0 Å². The molecule has 0 saturated heterocycles. The number of amides is 1. The Morgan fingerprint density at radius 3 is 2.60 bits per heavy atom. The summed E-state index contributed by atoms with van der Waals surface area (Å²) in [6, 6.07) is 2.03. The molecule has 0 aliphatic heterocycles. The molecule has 3 rings (SSSR count). The van der Waals surface area contributed by atoms with Crippen LogP contribution in [0.15, 0.2) is 10.9 Å². The van der Waals surface area contributed by atoms with Gasteiger partial charge in [-0.25, -0.2) is 0 Å². The third kappa shape index (κ3) is 2.79. The van der Waals surface area contributed by atoms with E-state index in [2.05, 4.69) is 10.3 Å². The summed E-state index contributed by atoms with van der Waals surface area (Å²) in [5.41, 5.74) is 2.20. The smallest absolute Gasteiger partial charge is 0.261 e. The molecule has 1 amide bonds. The number of nitrogens with one attached hydrogen (secondary N) is 2. The van der Waals surface area contributed by atoms with Crippen LogP contribution < -0.4 is 10.9 Å². The number of hydrogen-bond acceptors (Lipinski definition) is 2. The molecule has 2 N–H and O–H groups in total. The van der Waals surface area contributed by atoms with Crippen molar-refractivity contribution in [1.29, 1.82) is 0 Å². The summed E-state index contributed by atoms with van der Waals surface area (Å²) >= 11 is 0. The average Bonchev–Trinajstić information content (AvgIpc) is 2.72. The molecule has 0 unspecified atom stereocenters. The molecule has 2 aliphatic rings. The highest BCUT2D eigenvalue weighted by Crippen LogP contribution is 2.20. The zero-order valence-corrected chi connectivity index (χ0v) is 11.8. The molecule has 4 nitrogen and oxygen atoms in total. The molecule has 0 bridgehead atoms. The van der Waals surface area contributed by atoms with E-state index < -0.39 is 0 Å². The summed E-state index contributed by atoms with van der Waals surface area (Å²) in [6.07, 6.45) is 9.89. The number of H-pyrrole nitrogens is 1. The third-order valence-electron chi connectivity index (χ3n) is 4.52. The molecular weight excluding hydrogens is 252 g/mol. The van der Waals surface area contributed by atoms with Crippen LogP contribution in [0, 0.1) is 0 Å². The summed E-state index contributed by atoms with van der Waals surface area (Å²) < 4.78 is 0. The molecule has 1 fully saturated rings. The number of hydrogen-bond donors (Lipinski definition) is 2. The van der Waals surface area contributed by atoms with E-state index in [1.807, 2.05) is 0 Å². The first kappa shape index (κ1) is 13.4. The van der Waals surface area contributed by atoms with Crippen LogP contribution in [0.5, 0.6) is 0 Å². The minimum Gasteiger partial charge on any atom is -0.349 e. The SMILES string of the molecule is O=C(NC1CCCCCC1)c1cc2c([nH]c1=O)CCC2. The van der Waals surface area contributed by atoms with Crippen LogP contribution in [0.4, 0.5) is 0 Å². The van der Waals surface area contributed by atoms with Crippen molar-refractivity contribution in [1.82, 2.24) is 10.3 Å². The van der Waals surface area contributed by atoms with Crippen LogP contribution in [-0.4, -0.2) is 16.9 Å². The Balaban J connectivity index is 1.75. The molecule has 108 valence electrons. The lowest BCUT2D eigenvalue weighted by Gasteiger charge is -2.16. The van der Waals surface area contributed by atoms with Crippen molar-refractivity contribution in [3.05, 3.63) is 33.2 Å². The van der Waals surface area contributed by atoms with Gasteiger partial charge >= 0.3 is 0 Å². The molecule has 1 aromatic rings. The standard InChI is InChI=1S/C16H22N2O2/c19-15(17-12-7-3-1-2-4-8-12)13-10-11-6-5-9-14(11)18-16(13)20/h10,12H,1-9H2,(H,17,19)(H,18,20). The fourth-order valence-electron chi connectivity index (χ4n) is 3.37. The van der Waals surface area contributed by atoms with Gasteiger partial charge in [0, 0.05) is 11.7 Å². The van der Waals surface area contributed by atoms with Gasteiger partial charge in [0.15, 0.2) is 0 Å². The highest BCUT2D eigenvalue weighted by Gasteiger charge is 2.20. The number of aryl methyl sites for hydroxylation is 2. The predicted molar refractivity (Wildman–Crippen MR) is 78.0 cm³/mol. The normalized spacial score (nSPS) is 19.4. The summed E-state index contributed by atoms with van der Waals surface area (Å²) in [4.78, 5) is 27.2. The van der Waals surface area contributed by atoms with Crippen molar-refractivity contribution in [2.24, 2.45) is 0 Å². The van der Waals surface area contributed by atoms with Crippen molar-refractivity contribution in [3.8, 4) is 0 Å². The monoisotopic (exact) mass is 274 g/mol. The Kier molecular flexibility index (Phi) is 3.90. The third-order valence-corrected chi connectivity index (χ3v) is 4.52. The van der Waals surface area contributed by atoms with E-state index in [1.54, 1.807) is 6.07 Å². The van der Waals surface area contributed by atoms with Crippen LogP contribution in [0.3, 0.4) is 0 Å². The zero-order valence-electron chi connectivity index (χ0n) is 11.8. The van der Waals surface area contributed by atoms with E-state index in [0.29, 0.717) is 0 Å².